The van der Waals surface area contributed by atoms with Crippen molar-refractivity contribution in [3.05, 3.63) is 57.2 Å². The second-order valence-electron chi connectivity index (χ2n) is 3.99. The zero-order valence-corrected chi connectivity index (χ0v) is 10.1. The van der Waals surface area contributed by atoms with Crippen LogP contribution in [0.3, 0.4) is 0 Å². The molecule has 3 rings (SSSR count). The molecule has 1 N–H and O–H groups in total. The summed E-state index contributed by atoms with van der Waals surface area (Å²) in [5.41, 5.74) is 1.18. The third-order valence-electron chi connectivity index (χ3n) is 2.95. The molecule has 1 aromatic heterocycles. The van der Waals surface area contributed by atoms with Gasteiger partial charge >= 0.3 is 0 Å². The van der Waals surface area contributed by atoms with E-state index in [1.165, 1.54) is 0 Å². The highest BCUT2D eigenvalue weighted by molar-refractivity contribution is 6.32. The molecule has 0 radical (unpaired) electrons. The van der Waals surface area contributed by atoms with Gasteiger partial charge in [-0.15, -0.1) is 0 Å². The first-order chi connectivity index (χ1) is 8.72. The summed E-state index contributed by atoms with van der Waals surface area (Å²) >= 11 is 5.98. The van der Waals surface area contributed by atoms with Gasteiger partial charge in [0.25, 0.3) is 0 Å². The molecule has 0 aliphatic rings. The molecule has 0 fully saturated rings. The van der Waals surface area contributed by atoms with Crippen molar-refractivity contribution < 1.29 is 9.52 Å². The summed E-state index contributed by atoms with van der Waals surface area (Å²) < 4.78 is 5.69. The first-order valence-electron chi connectivity index (χ1n) is 5.46. The third-order valence-corrected chi connectivity index (χ3v) is 3.30. The van der Waals surface area contributed by atoms with Crippen LogP contribution in [0.2, 0.25) is 5.02 Å². The van der Waals surface area contributed by atoms with E-state index < -0.39 is 0 Å². The van der Waals surface area contributed by atoms with Crippen LogP contribution in [-0.2, 0) is 6.61 Å². The lowest BCUT2D eigenvalue weighted by Gasteiger charge is -2.06. The van der Waals surface area contributed by atoms with E-state index in [0.717, 1.165) is 0 Å². The van der Waals surface area contributed by atoms with Crippen LogP contribution < -0.4 is 5.43 Å². The van der Waals surface area contributed by atoms with Crippen molar-refractivity contribution in [3.63, 3.8) is 0 Å². The topological polar surface area (TPSA) is 50.4 Å². The van der Waals surface area contributed by atoms with Crippen LogP contribution in [0.25, 0.3) is 21.9 Å². The van der Waals surface area contributed by atoms with Gasteiger partial charge in [-0.25, -0.2) is 0 Å². The molecule has 0 atom stereocenters. The molecule has 3 aromatic rings. The molecule has 0 amide bonds. The molecule has 18 heavy (non-hydrogen) atoms. The summed E-state index contributed by atoms with van der Waals surface area (Å²) in [6.07, 6.45) is 0. The molecule has 0 saturated carbocycles. The van der Waals surface area contributed by atoms with E-state index in [1.54, 1.807) is 36.4 Å². The fraction of sp³-hybridized carbons (Fsp3) is 0.0714. The summed E-state index contributed by atoms with van der Waals surface area (Å²) in [5.74, 6) is 0. The summed E-state index contributed by atoms with van der Waals surface area (Å²) in [5, 5.41) is 10.7. The molecule has 0 saturated heterocycles. The minimum atomic E-state index is -0.266. The van der Waals surface area contributed by atoms with E-state index in [2.05, 4.69) is 0 Å². The van der Waals surface area contributed by atoms with Gasteiger partial charge in [0.05, 0.1) is 17.4 Å². The number of rotatable bonds is 1. The highest BCUT2D eigenvalue weighted by Crippen LogP contribution is 2.27. The normalized spacial score (nSPS) is 11.2. The molecule has 0 bridgehead atoms. The Hall–Kier alpha value is -1.84. The Labute approximate surface area is 107 Å². The molecule has 4 heteroatoms. The number of hydrogen-bond acceptors (Lipinski definition) is 3. The molecular weight excluding hydrogens is 252 g/mol. The zero-order chi connectivity index (χ0) is 12.7. The largest absolute Gasteiger partial charge is 0.455 e. The first-order valence-corrected chi connectivity index (χ1v) is 5.84. The van der Waals surface area contributed by atoms with Crippen LogP contribution in [0.5, 0.6) is 0 Å². The monoisotopic (exact) mass is 260 g/mol. The lowest BCUT2D eigenvalue weighted by atomic mass is 10.1. The van der Waals surface area contributed by atoms with Crippen LogP contribution in [0.4, 0.5) is 0 Å². The number of aliphatic hydroxyl groups excluding tert-OH is 1. The zero-order valence-electron chi connectivity index (χ0n) is 9.31. The second kappa shape index (κ2) is 4.12. The Bertz CT molecular complexity index is 805. The van der Waals surface area contributed by atoms with Gasteiger partial charge in [-0.1, -0.05) is 23.7 Å². The number of hydrogen-bond donors (Lipinski definition) is 1. The standard InChI is InChI=1S/C14H9ClO3/c15-11-6-5-9-13(17)8-3-1-2-4-12(8)18-14(9)10(11)7-16/h1-6,16H,7H2. The van der Waals surface area contributed by atoms with Gasteiger partial charge in [-0.3, -0.25) is 4.79 Å². The van der Waals surface area contributed by atoms with Crippen molar-refractivity contribution in [1.29, 1.82) is 0 Å². The Morgan fingerprint density at radius 2 is 1.89 bits per heavy atom. The number of fused-ring (bicyclic) bond motifs is 2. The van der Waals surface area contributed by atoms with Gasteiger partial charge in [-0.05, 0) is 24.3 Å². The lowest BCUT2D eigenvalue weighted by Crippen LogP contribution is -2.03. The number of aliphatic hydroxyl groups is 1. The van der Waals surface area contributed by atoms with Gasteiger partial charge in [0, 0.05) is 10.6 Å². The third kappa shape index (κ3) is 1.52. The van der Waals surface area contributed by atoms with Crippen molar-refractivity contribution >= 4 is 33.5 Å². The second-order valence-corrected chi connectivity index (χ2v) is 4.40. The van der Waals surface area contributed by atoms with Crippen LogP contribution in [0.15, 0.2) is 45.6 Å². The molecule has 0 spiro atoms. The van der Waals surface area contributed by atoms with Gasteiger partial charge < -0.3 is 9.52 Å². The lowest BCUT2D eigenvalue weighted by molar-refractivity contribution is 0.282. The van der Waals surface area contributed by atoms with E-state index in [9.17, 15) is 9.90 Å². The Kier molecular flexibility index (Phi) is 2.58. The Morgan fingerprint density at radius 1 is 1.11 bits per heavy atom. The highest BCUT2D eigenvalue weighted by atomic mass is 35.5. The highest BCUT2D eigenvalue weighted by Gasteiger charge is 2.12. The number of benzene rings is 2. The van der Waals surface area contributed by atoms with Crippen LogP contribution in [0, 0.1) is 0 Å². The summed E-state index contributed by atoms with van der Waals surface area (Å²) in [7, 11) is 0. The molecule has 3 nitrogen and oxygen atoms in total. The maximum absolute atomic E-state index is 12.3. The molecule has 90 valence electrons. The van der Waals surface area contributed by atoms with E-state index in [0.29, 0.717) is 32.5 Å². The minimum absolute atomic E-state index is 0.113. The predicted octanol–water partition coefficient (Wildman–Crippen LogP) is 3.09. The average Bonchev–Trinajstić information content (AvgIpc) is 2.39. The van der Waals surface area contributed by atoms with Gasteiger partial charge in [0.1, 0.15) is 11.2 Å². The summed E-state index contributed by atoms with van der Waals surface area (Å²) in [4.78, 5) is 12.3. The van der Waals surface area contributed by atoms with Gasteiger partial charge in [0.2, 0.25) is 5.43 Å². The van der Waals surface area contributed by atoms with Crippen molar-refractivity contribution in [2.75, 3.05) is 0 Å². The van der Waals surface area contributed by atoms with Crippen molar-refractivity contribution in [2.45, 2.75) is 6.61 Å². The van der Waals surface area contributed by atoms with Crippen LogP contribution in [-0.4, -0.2) is 5.11 Å². The van der Waals surface area contributed by atoms with Gasteiger partial charge in [-0.2, -0.15) is 0 Å². The van der Waals surface area contributed by atoms with E-state index in [1.807, 2.05) is 0 Å². The number of para-hydroxylation sites is 1. The first kappa shape index (κ1) is 11.3. The molecular formula is C14H9ClO3. The molecule has 0 unspecified atom stereocenters. The van der Waals surface area contributed by atoms with E-state index in [4.69, 9.17) is 16.0 Å². The predicted molar refractivity (Wildman–Crippen MR) is 70.9 cm³/mol. The Balaban J connectivity index is 2.60. The quantitative estimate of drug-likeness (QED) is 0.684. The fourth-order valence-electron chi connectivity index (χ4n) is 2.04. The van der Waals surface area contributed by atoms with Crippen LogP contribution >= 0.6 is 11.6 Å². The summed E-state index contributed by atoms with van der Waals surface area (Å²) in [6, 6.07) is 10.2. The maximum Gasteiger partial charge on any atom is 0.200 e. The number of halogens is 1. The van der Waals surface area contributed by atoms with E-state index in [-0.39, 0.29) is 12.0 Å². The molecule has 2 aromatic carbocycles. The van der Waals surface area contributed by atoms with E-state index >= 15 is 0 Å². The smallest absolute Gasteiger partial charge is 0.200 e. The van der Waals surface area contributed by atoms with Crippen molar-refractivity contribution in [2.24, 2.45) is 0 Å². The summed E-state index contributed by atoms with van der Waals surface area (Å²) in [6.45, 7) is -0.266. The SMILES string of the molecule is O=c1c2ccccc2oc2c(CO)c(Cl)ccc12. The average molecular weight is 261 g/mol. The minimum Gasteiger partial charge on any atom is -0.455 e. The van der Waals surface area contributed by atoms with Gasteiger partial charge in [0.15, 0.2) is 0 Å². The van der Waals surface area contributed by atoms with Crippen LogP contribution in [0.1, 0.15) is 5.56 Å². The maximum atomic E-state index is 12.3. The molecule has 0 aliphatic carbocycles. The van der Waals surface area contributed by atoms with Crippen molar-refractivity contribution in [1.82, 2.24) is 0 Å². The fourth-order valence-corrected chi connectivity index (χ4v) is 2.25. The molecule has 1 heterocycles. The Morgan fingerprint density at radius 3 is 2.67 bits per heavy atom. The molecule has 0 aliphatic heterocycles. The van der Waals surface area contributed by atoms with Crippen molar-refractivity contribution in [3.8, 4) is 0 Å².